The van der Waals surface area contributed by atoms with E-state index in [9.17, 15) is 9.59 Å². The van der Waals surface area contributed by atoms with Crippen LogP contribution in [-0.4, -0.2) is 11.8 Å². The molecule has 0 aliphatic carbocycles. The van der Waals surface area contributed by atoms with E-state index < -0.39 is 5.25 Å². The molecule has 0 radical (unpaired) electrons. The van der Waals surface area contributed by atoms with Gasteiger partial charge in [0.15, 0.2) is 0 Å². The second-order valence-corrected chi connectivity index (χ2v) is 10.0. The van der Waals surface area contributed by atoms with E-state index in [2.05, 4.69) is 10.6 Å². The monoisotopic (exact) mass is 494 g/mol. The molecule has 0 spiro atoms. The lowest BCUT2D eigenvalue weighted by molar-refractivity contribution is -0.115. The zero-order valence-electron chi connectivity index (χ0n) is 18.7. The van der Waals surface area contributed by atoms with E-state index in [4.69, 9.17) is 0 Å². The zero-order chi connectivity index (χ0) is 24.0. The molecule has 1 atom stereocenters. The van der Waals surface area contributed by atoms with Crippen LogP contribution >= 0.6 is 23.1 Å². The van der Waals surface area contributed by atoms with Gasteiger partial charge in [-0.25, -0.2) is 0 Å². The standard InChI is InChI=1S/C29H22N2O2S2/c32-28(26-14-7-17-34-26)30-23-12-6-13-25(19-23)35-27(21-9-2-1-3-10-21)29(33)31-24-16-15-20-8-4-5-11-22(20)18-24/h1-19,27H,(H,30,32)(H,31,33). The zero-order valence-corrected chi connectivity index (χ0v) is 20.3. The van der Waals surface area contributed by atoms with Crippen molar-refractivity contribution in [2.75, 3.05) is 10.6 Å². The first-order chi connectivity index (χ1) is 17.2. The number of carbonyl (C=O) groups is 2. The molecule has 0 aliphatic heterocycles. The van der Waals surface area contributed by atoms with Gasteiger partial charge in [0.2, 0.25) is 5.91 Å². The van der Waals surface area contributed by atoms with Gasteiger partial charge in [-0.3, -0.25) is 9.59 Å². The van der Waals surface area contributed by atoms with E-state index >= 15 is 0 Å². The lowest BCUT2D eigenvalue weighted by atomic mass is 10.1. The molecule has 4 nitrogen and oxygen atoms in total. The fourth-order valence-corrected chi connectivity index (χ4v) is 5.46. The molecule has 2 N–H and O–H groups in total. The minimum Gasteiger partial charge on any atom is -0.325 e. The summed E-state index contributed by atoms with van der Waals surface area (Å²) < 4.78 is 0. The summed E-state index contributed by atoms with van der Waals surface area (Å²) in [6, 6.07) is 34.9. The molecule has 5 aromatic rings. The average Bonchev–Trinajstić information content (AvgIpc) is 3.43. The molecule has 172 valence electrons. The van der Waals surface area contributed by atoms with Gasteiger partial charge in [-0.1, -0.05) is 72.8 Å². The fourth-order valence-electron chi connectivity index (χ4n) is 3.76. The predicted molar refractivity (Wildman–Crippen MR) is 146 cm³/mol. The quantitative estimate of drug-likeness (QED) is 0.229. The average molecular weight is 495 g/mol. The van der Waals surface area contributed by atoms with Crippen molar-refractivity contribution in [3.05, 3.63) is 125 Å². The first-order valence-corrected chi connectivity index (χ1v) is 12.9. The van der Waals surface area contributed by atoms with Crippen LogP contribution < -0.4 is 10.6 Å². The number of nitrogens with one attached hydrogen (secondary N) is 2. The van der Waals surface area contributed by atoms with Gasteiger partial charge in [-0.15, -0.1) is 23.1 Å². The molecule has 6 heteroatoms. The summed E-state index contributed by atoms with van der Waals surface area (Å²) in [4.78, 5) is 27.5. The van der Waals surface area contributed by atoms with Crippen molar-refractivity contribution >= 4 is 57.1 Å². The molecule has 4 aromatic carbocycles. The van der Waals surface area contributed by atoms with E-state index in [1.54, 1.807) is 6.07 Å². The maximum absolute atomic E-state index is 13.5. The highest BCUT2D eigenvalue weighted by Gasteiger charge is 2.22. The van der Waals surface area contributed by atoms with Crippen molar-refractivity contribution in [3.8, 4) is 0 Å². The van der Waals surface area contributed by atoms with Crippen molar-refractivity contribution in [2.24, 2.45) is 0 Å². The Morgan fingerprint density at radius 3 is 2.26 bits per heavy atom. The van der Waals surface area contributed by atoms with Crippen LogP contribution in [-0.2, 0) is 4.79 Å². The molecular formula is C29H22N2O2S2. The van der Waals surface area contributed by atoms with E-state index in [0.29, 0.717) is 10.6 Å². The van der Waals surface area contributed by atoms with Gasteiger partial charge in [0.1, 0.15) is 5.25 Å². The molecule has 1 unspecified atom stereocenters. The molecule has 0 fully saturated rings. The number of fused-ring (bicyclic) bond motifs is 1. The minimum atomic E-state index is -0.467. The molecule has 35 heavy (non-hydrogen) atoms. The Morgan fingerprint density at radius 1 is 0.686 bits per heavy atom. The number of benzene rings is 4. The Morgan fingerprint density at radius 2 is 1.46 bits per heavy atom. The summed E-state index contributed by atoms with van der Waals surface area (Å²) in [5.74, 6) is -0.250. The Balaban J connectivity index is 1.37. The van der Waals surface area contributed by atoms with Crippen LogP contribution in [0.4, 0.5) is 11.4 Å². The summed E-state index contributed by atoms with van der Waals surface area (Å²) >= 11 is 2.85. The van der Waals surface area contributed by atoms with Crippen molar-refractivity contribution in [2.45, 2.75) is 10.1 Å². The number of carbonyl (C=O) groups excluding carboxylic acids is 2. The number of hydrogen-bond donors (Lipinski definition) is 2. The summed E-state index contributed by atoms with van der Waals surface area (Å²) in [6.45, 7) is 0. The molecule has 1 heterocycles. The third-order valence-corrected chi connectivity index (χ3v) is 7.56. The summed E-state index contributed by atoms with van der Waals surface area (Å²) in [6.07, 6.45) is 0. The topological polar surface area (TPSA) is 58.2 Å². The summed E-state index contributed by atoms with van der Waals surface area (Å²) in [7, 11) is 0. The van der Waals surface area contributed by atoms with Crippen LogP contribution in [0, 0.1) is 0 Å². The largest absolute Gasteiger partial charge is 0.325 e. The van der Waals surface area contributed by atoms with E-state index in [1.807, 2.05) is 109 Å². The number of thiophene rings is 1. The number of thioether (sulfide) groups is 1. The molecule has 0 saturated heterocycles. The smallest absolute Gasteiger partial charge is 0.265 e. The van der Waals surface area contributed by atoms with Gasteiger partial charge in [0, 0.05) is 16.3 Å². The lowest BCUT2D eigenvalue weighted by Crippen LogP contribution is -2.19. The Bertz CT molecular complexity index is 1470. The molecule has 1 aromatic heterocycles. The van der Waals surface area contributed by atoms with Crippen molar-refractivity contribution < 1.29 is 9.59 Å². The first kappa shape index (κ1) is 22.9. The predicted octanol–water partition coefficient (Wildman–Crippen LogP) is 7.63. The van der Waals surface area contributed by atoms with E-state index in [0.717, 1.165) is 26.9 Å². The normalized spacial score (nSPS) is 11.7. The third-order valence-electron chi connectivity index (χ3n) is 5.45. The van der Waals surface area contributed by atoms with Crippen molar-refractivity contribution in [1.82, 2.24) is 0 Å². The Labute approximate surface area is 212 Å². The van der Waals surface area contributed by atoms with Gasteiger partial charge in [-0.05, 0) is 58.1 Å². The van der Waals surface area contributed by atoms with Crippen LogP contribution in [0.1, 0.15) is 20.5 Å². The highest BCUT2D eigenvalue weighted by Crippen LogP contribution is 2.37. The SMILES string of the molecule is O=C(Nc1cccc(SC(C(=O)Nc2ccc3ccccc3c2)c2ccccc2)c1)c1cccs1. The van der Waals surface area contributed by atoms with Crippen LogP contribution in [0.3, 0.4) is 0 Å². The molecule has 0 saturated carbocycles. The number of rotatable bonds is 7. The van der Waals surface area contributed by atoms with E-state index in [1.165, 1.54) is 23.1 Å². The van der Waals surface area contributed by atoms with Crippen LogP contribution in [0.2, 0.25) is 0 Å². The van der Waals surface area contributed by atoms with Crippen molar-refractivity contribution in [1.29, 1.82) is 0 Å². The van der Waals surface area contributed by atoms with Gasteiger partial charge < -0.3 is 10.6 Å². The Kier molecular flexibility index (Phi) is 6.93. The van der Waals surface area contributed by atoms with E-state index in [-0.39, 0.29) is 11.8 Å². The molecule has 0 aliphatic rings. The van der Waals surface area contributed by atoms with Gasteiger partial charge >= 0.3 is 0 Å². The first-order valence-electron chi connectivity index (χ1n) is 11.1. The second-order valence-electron chi connectivity index (χ2n) is 7.92. The third kappa shape index (κ3) is 5.62. The van der Waals surface area contributed by atoms with Crippen molar-refractivity contribution in [3.63, 3.8) is 0 Å². The molecular weight excluding hydrogens is 472 g/mol. The number of anilines is 2. The molecule has 5 rings (SSSR count). The molecule has 2 amide bonds. The van der Waals surface area contributed by atoms with Crippen LogP contribution in [0.5, 0.6) is 0 Å². The van der Waals surface area contributed by atoms with Crippen LogP contribution in [0.25, 0.3) is 10.8 Å². The second kappa shape index (κ2) is 10.6. The minimum absolute atomic E-state index is 0.107. The highest BCUT2D eigenvalue weighted by molar-refractivity contribution is 8.00. The number of hydrogen-bond acceptors (Lipinski definition) is 4. The summed E-state index contributed by atoms with van der Waals surface area (Å²) in [5, 5.41) is 9.64. The van der Waals surface area contributed by atoms with Gasteiger partial charge in [-0.2, -0.15) is 0 Å². The fraction of sp³-hybridized carbons (Fsp3) is 0.0345. The highest BCUT2D eigenvalue weighted by atomic mass is 32.2. The van der Waals surface area contributed by atoms with Gasteiger partial charge in [0.05, 0.1) is 4.88 Å². The lowest BCUT2D eigenvalue weighted by Gasteiger charge is -2.18. The molecule has 0 bridgehead atoms. The van der Waals surface area contributed by atoms with Crippen LogP contribution in [0.15, 0.2) is 119 Å². The maximum Gasteiger partial charge on any atom is 0.265 e. The Hall–Kier alpha value is -3.87. The summed E-state index contributed by atoms with van der Waals surface area (Å²) in [5.41, 5.74) is 2.35. The maximum atomic E-state index is 13.5. The van der Waals surface area contributed by atoms with Gasteiger partial charge in [0.25, 0.3) is 5.91 Å². The number of amides is 2.